The Morgan fingerprint density at radius 1 is 0.882 bits per heavy atom. The summed E-state index contributed by atoms with van der Waals surface area (Å²) in [5.41, 5.74) is 1.15. The molecule has 0 atom stereocenters. The van der Waals surface area contributed by atoms with E-state index in [1.165, 1.54) is 11.3 Å². The number of carbonyl (C=O) groups is 2. The predicted molar refractivity (Wildman–Crippen MR) is 130 cm³/mol. The van der Waals surface area contributed by atoms with Gasteiger partial charge in [-0.25, -0.2) is 0 Å². The van der Waals surface area contributed by atoms with Crippen LogP contribution in [0.15, 0.2) is 77.8 Å². The molecule has 0 aliphatic heterocycles. The maximum Gasteiger partial charge on any atom is 0.326 e. The zero-order valence-corrected chi connectivity index (χ0v) is 19.7. The Hall–Kier alpha value is -3.91. The van der Waals surface area contributed by atoms with Gasteiger partial charge in [0.25, 0.3) is 5.91 Å². The molecule has 34 heavy (non-hydrogen) atoms. The smallest absolute Gasteiger partial charge is 0.326 e. The van der Waals surface area contributed by atoms with Crippen molar-refractivity contribution in [1.82, 2.24) is 4.57 Å². The number of esters is 1. The second-order valence-electron chi connectivity index (χ2n) is 7.20. The second-order valence-corrected chi connectivity index (χ2v) is 8.21. The van der Waals surface area contributed by atoms with Gasteiger partial charge < -0.3 is 18.8 Å². The summed E-state index contributed by atoms with van der Waals surface area (Å²) in [5.74, 6) is 1.08. The highest BCUT2D eigenvalue weighted by Crippen LogP contribution is 2.25. The topological polar surface area (TPSA) is 79.1 Å². The molecule has 0 spiro atoms. The first kappa shape index (κ1) is 23.3. The molecule has 0 bridgehead atoms. The number of ether oxygens (including phenoxy) is 3. The van der Waals surface area contributed by atoms with Gasteiger partial charge in [0.05, 0.1) is 23.4 Å². The molecule has 0 radical (unpaired) electrons. The van der Waals surface area contributed by atoms with Crippen molar-refractivity contribution in [2.45, 2.75) is 20.4 Å². The first-order chi connectivity index (χ1) is 16.6. The number of fused-ring (bicyclic) bond motifs is 1. The Bertz CT molecular complexity index is 1370. The average Bonchev–Trinajstić information content (AvgIpc) is 3.16. The quantitative estimate of drug-likeness (QED) is 0.327. The molecule has 0 N–H and O–H groups in total. The van der Waals surface area contributed by atoms with Gasteiger partial charge >= 0.3 is 5.97 Å². The zero-order valence-electron chi connectivity index (χ0n) is 18.9. The number of benzene rings is 3. The highest BCUT2D eigenvalue weighted by atomic mass is 32.1. The van der Waals surface area contributed by atoms with Crippen LogP contribution >= 0.6 is 11.3 Å². The van der Waals surface area contributed by atoms with Crippen molar-refractivity contribution in [3.8, 4) is 17.2 Å². The molecule has 174 valence electrons. The number of aromatic nitrogens is 1. The largest absolute Gasteiger partial charge is 0.494 e. The summed E-state index contributed by atoms with van der Waals surface area (Å²) in [5, 5.41) is 0. The van der Waals surface area contributed by atoms with Crippen molar-refractivity contribution in [1.29, 1.82) is 0 Å². The number of amides is 1. The van der Waals surface area contributed by atoms with Crippen molar-refractivity contribution in [3.05, 3.63) is 83.2 Å². The Morgan fingerprint density at radius 2 is 1.68 bits per heavy atom. The first-order valence-corrected chi connectivity index (χ1v) is 11.7. The third-order valence-electron chi connectivity index (χ3n) is 4.81. The first-order valence-electron chi connectivity index (χ1n) is 10.9. The Labute approximate surface area is 200 Å². The van der Waals surface area contributed by atoms with Crippen molar-refractivity contribution < 1.29 is 23.8 Å². The lowest BCUT2D eigenvalue weighted by Crippen LogP contribution is -2.23. The summed E-state index contributed by atoms with van der Waals surface area (Å²) < 4.78 is 19.1. The van der Waals surface area contributed by atoms with Crippen LogP contribution in [0.25, 0.3) is 10.2 Å². The summed E-state index contributed by atoms with van der Waals surface area (Å²) in [6, 6.07) is 21.7. The molecule has 3 aromatic carbocycles. The van der Waals surface area contributed by atoms with Crippen LogP contribution in [0.2, 0.25) is 0 Å². The third kappa shape index (κ3) is 5.52. The average molecular weight is 477 g/mol. The zero-order chi connectivity index (χ0) is 23.9. The monoisotopic (exact) mass is 476 g/mol. The number of hydrogen-bond donors (Lipinski definition) is 0. The van der Waals surface area contributed by atoms with Crippen LogP contribution in [-0.2, 0) is 16.1 Å². The van der Waals surface area contributed by atoms with Gasteiger partial charge in [0, 0.05) is 5.56 Å². The van der Waals surface area contributed by atoms with Crippen LogP contribution in [0.3, 0.4) is 0 Å². The van der Waals surface area contributed by atoms with Crippen LogP contribution in [0.1, 0.15) is 24.2 Å². The molecule has 0 unspecified atom stereocenters. The minimum absolute atomic E-state index is 0.0505. The van der Waals surface area contributed by atoms with E-state index in [9.17, 15) is 9.59 Å². The van der Waals surface area contributed by atoms with Crippen molar-refractivity contribution in [2.75, 3.05) is 13.2 Å². The standard InChI is InChI=1S/C26H24N2O5S/c1-3-31-20-13-14-22-23(16-20)34-26(28(22)17-24(29)32-4-2)27-25(30)18-9-8-12-21(15-18)33-19-10-6-5-7-11-19/h5-16H,3-4,17H2,1-2H3. The third-order valence-corrected chi connectivity index (χ3v) is 5.86. The van der Waals surface area contributed by atoms with E-state index in [0.717, 1.165) is 10.2 Å². The van der Waals surface area contributed by atoms with Crippen LogP contribution in [0, 0.1) is 0 Å². The van der Waals surface area contributed by atoms with Gasteiger partial charge in [-0.1, -0.05) is 35.6 Å². The molecule has 1 aromatic heterocycles. The summed E-state index contributed by atoms with van der Waals surface area (Å²) in [4.78, 5) is 30.0. The van der Waals surface area contributed by atoms with Gasteiger partial charge in [0.2, 0.25) is 0 Å². The van der Waals surface area contributed by atoms with E-state index in [2.05, 4.69) is 4.99 Å². The molecule has 8 heteroatoms. The molecule has 7 nitrogen and oxygen atoms in total. The van der Waals surface area contributed by atoms with Gasteiger partial charge in [-0.05, 0) is 62.4 Å². The highest BCUT2D eigenvalue weighted by molar-refractivity contribution is 7.16. The summed E-state index contributed by atoms with van der Waals surface area (Å²) >= 11 is 1.31. The van der Waals surface area contributed by atoms with Gasteiger partial charge in [-0.15, -0.1) is 0 Å². The minimum atomic E-state index is -0.437. The molecular weight excluding hydrogens is 452 g/mol. The molecule has 1 heterocycles. The summed E-state index contributed by atoms with van der Waals surface area (Å²) in [6.45, 7) is 4.42. The van der Waals surface area contributed by atoms with Crippen LogP contribution < -0.4 is 14.3 Å². The van der Waals surface area contributed by atoms with Gasteiger partial charge in [0.15, 0.2) is 4.80 Å². The molecule has 4 rings (SSSR count). The Morgan fingerprint density at radius 3 is 2.44 bits per heavy atom. The van der Waals surface area contributed by atoms with Crippen molar-refractivity contribution in [2.24, 2.45) is 4.99 Å². The predicted octanol–water partition coefficient (Wildman–Crippen LogP) is 5.20. The number of carbonyl (C=O) groups excluding carboxylic acids is 2. The van der Waals surface area contributed by atoms with Crippen molar-refractivity contribution in [3.63, 3.8) is 0 Å². The van der Waals surface area contributed by atoms with Crippen LogP contribution in [0.4, 0.5) is 0 Å². The normalized spacial score (nSPS) is 11.4. The highest BCUT2D eigenvalue weighted by Gasteiger charge is 2.14. The lowest BCUT2D eigenvalue weighted by atomic mass is 10.2. The lowest BCUT2D eigenvalue weighted by Gasteiger charge is -2.07. The van der Waals surface area contributed by atoms with Crippen molar-refractivity contribution >= 4 is 33.4 Å². The molecule has 1 amide bonds. The van der Waals surface area contributed by atoms with E-state index in [4.69, 9.17) is 14.2 Å². The van der Waals surface area contributed by atoms with Crippen LogP contribution in [0.5, 0.6) is 17.2 Å². The summed E-state index contributed by atoms with van der Waals surface area (Å²) in [7, 11) is 0. The lowest BCUT2D eigenvalue weighted by molar-refractivity contribution is -0.143. The fourth-order valence-corrected chi connectivity index (χ4v) is 4.41. The fourth-order valence-electron chi connectivity index (χ4n) is 3.35. The summed E-state index contributed by atoms with van der Waals surface area (Å²) in [6.07, 6.45) is 0. The molecule has 0 aliphatic carbocycles. The Kier molecular flexibility index (Phi) is 7.39. The number of para-hydroxylation sites is 1. The minimum Gasteiger partial charge on any atom is -0.494 e. The number of thiazole rings is 1. The maximum atomic E-state index is 13.1. The van der Waals surface area contributed by atoms with E-state index in [0.29, 0.717) is 34.2 Å². The second kappa shape index (κ2) is 10.8. The SMILES string of the molecule is CCOC(=O)Cn1c(=NC(=O)c2cccc(Oc3ccccc3)c2)sc2cc(OCC)ccc21. The molecule has 0 saturated carbocycles. The molecule has 0 aliphatic rings. The number of nitrogens with zero attached hydrogens (tertiary/aromatic N) is 2. The van der Waals surface area contributed by atoms with E-state index in [-0.39, 0.29) is 13.2 Å². The van der Waals surface area contributed by atoms with Crippen LogP contribution in [-0.4, -0.2) is 29.7 Å². The van der Waals surface area contributed by atoms with Gasteiger partial charge in [-0.3, -0.25) is 9.59 Å². The van der Waals surface area contributed by atoms with E-state index < -0.39 is 11.9 Å². The van der Waals surface area contributed by atoms with E-state index >= 15 is 0 Å². The van der Waals surface area contributed by atoms with Gasteiger partial charge in [-0.2, -0.15) is 4.99 Å². The molecule has 0 saturated heterocycles. The number of rotatable bonds is 8. The fraction of sp³-hybridized carbons (Fsp3) is 0.192. The number of hydrogen-bond acceptors (Lipinski definition) is 6. The Balaban J connectivity index is 1.70. The molecular formula is C26H24N2O5S. The van der Waals surface area contributed by atoms with Gasteiger partial charge in [0.1, 0.15) is 23.8 Å². The van der Waals surface area contributed by atoms with E-state index in [1.807, 2.05) is 55.5 Å². The molecule has 4 aromatic rings. The van der Waals surface area contributed by atoms with E-state index in [1.54, 1.807) is 35.8 Å². The molecule has 0 fully saturated rings. The maximum absolute atomic E-state index is 13.1.